The van der Waals surface area contributed by atoms with Gasteiger partial charge in [-0.3, -0.25) is 4.98 Å². The molecule has 3 N–H and O–H groups in total. The van der Waals surface area contributed by atoms with E-state index in [1.165, 1.54) is 0 Å². The van der Waals surface area contributed by atoms with Crippen LogP contribution in [0.25, 0.3) is 9.69 Å². The zero-order valence-corrected chi connectivity index (χ0v) is 10.1. The first-order valence-corrected chi connectivity index (χ1v) is 5.13. The van der Waals surface area contributed by atoms with E-state index in [2.05, 4.69) is 45.4 Å². The Morgan fingerprint density at radius 3 is 2.48 bits per heavy atom. The summed E-state index contributed by atoms with van der Waals surface area (Å²) in [6, 6.07) is 3.48. The van der Waals surface area contributed by atoms with E-state index >= 15 is 0 Å². The van der Waals surface area contributed by atoms with Gasteiger partial charge in [0.15, 0.2) is 11.4 Å². The van der Waals surface area contributed by atoms with Gasteiger partial charge < -0.3 is 14.7 Å². The van der Waals surface area contributed by atoms with E-state index in [1.807, 2.05) is 0 Å². The minimum absolute atomic E-state index is 0.0146. The second-order valence-corrected chi connectivity index (χ2v) is 3.30. The maximum Gasteiger partial charge on any atom is 0.391 e. The number of aromatic amines is 2. The summed E-state index contributed by atoms with van der Waals surface area (Å²) in [6.45, 7) is 13.7. The van der Waals surface area contributed by atoms with Crippen LogP contribution in [0, 0.1) is 35.8 Å². The number of aromatic nitrogens is 4. The van der Waals surface area contributed by atoms with Gasteiger partial charge in [0.05, 0.1) is 0 Å². The van der Waals surface area contributed by atoms with Crippen LogP contribution in [0.4, 0.5) is 23.5 Å². The molecular formula is C10H3N11. The van der Waals surface area contributed by atoms with E-state index in [0.29, 0.717) is 0 Å². The molecule has 2 aromatic heterocycles. The topological polar surface area (TPSA) is 150 Å². The molecule has 2 heterocycles. The molecule has 11 heteroatoms. The van der Waals surface area contributed by atoms with Crippen molar-refractivity contribution in [1.82, 2.24) is 19.9 Å². The van der Waals surface area contributed by atoms with Gasteiger partial charge in [-0.25, -0.2) is 0 Å². The maximum atomic E-state index is 8.72. The Morgan fingerprint density at radius 2 is 1.95 bits per heavy atom. The average molecular weight is 277 g/mol. The van der Waals surface area contributed by atoms with Gasteiger partial charge in [-0.15, -0.1) is 0 Å². The van der Waals surface area contributed by atoms with Crippen LogP contribution in [-0.4, -0.2) is 19.9 Å². The quantitative estimate of drug-likeness (QED) is 0.445. The maximum absolute atomic E-state index is 8.72. The number of nitrogens with one attached hydrogen (secondary N) is 3. The highest BCUT2D eigenvalue weighted by Gasteiger charge is 2.13. The van der Waals surface area contributed by atoms with Crippen molar-refractivity contribution in [2.24, 2.45) is 10.3 Å². The van der Waals surface area contributed by atoms with Crippen LogP contribution in [0.2, 0.25) is 0 Å². The molecule has 0 bridgehead atoms. The Labute approximate surface area is 117 Å². The van der Waals surface area contributed by atoms with Crippen molar-refractivity contribution in [1.29, 1.82) is 10.5 Å². The number of H-pyrrole nitrogens is 2. The highest BCUT2D eigenvalue weighted by molar-refractivity contribution is 5.65. The highest BCUT2D eigenvalue weighted by Crippen LogP contribution is 2.26. The number of anilines is 1. The van der Waals surface area contributed by atoms with Gasteiger partial charge in [-0.1, -0.05) is 28.5 Å². The second kappa shape index (κ2) is 5.61. The molecule has 0 spiro atoms. The molecule has 0 amide bonds. The van der Waals surface area contributed by atoms with Crippen LogP contribution < -0.4 is 5.43 Å². The minimum atomic E-state index is -0.0879. The van der Waals surface area contributed by atoms with Crippen LogP contribution in [-0.2, 0) is 0 Å². The number of hydrogen-bond acceptors (Lipinski definition) is 6. The van der Waals surface area contributed by atoms with Crippen LogP contribution >= 0.6 is 0 Å². The summed E-state index contributed by atoms with van der Waals surface area (Å²) in [6.07, 6.45) is 0. The van der Waals surface area contributed by atoms with E-state index in [4.69, 9.17) is 23.7 Å². The van der Waals surface area contributed by atoms with Crippen LogP contribution in [0.5, 0.6) is 0 Å². The first kappa shape index (κ1) is 13.2. The van der Waals surface area contributed by atoms with Crippen LogP contribution in [0.15, 0.2) is 10.3 Å². The standard InChI is InChI=1S/C10H3N11/c1-13-7-8(14-2)18-10(17-7)20-21-19-9-15-5(3-11)6(4-12)16-9/h(H3,15,16,17,18,19,20). The van der Waals surface area contributed by atoms with Gasteiger partial charge >= 0.3 is 5.95 Å². The Hall–Kier alpha value is -4.22. The molecule has 0 radical (unpaired) electrons. The largest absolute Gasteiger partial charge is 0.391 e. The third-order valence-corrected chi connectivity index (χ3v) is 2.09. The second-order valence-electron chi connectivity index (χ2n) is 3.30. The van der Waals surface area contributed by atoms with E-state index in [9.17, 15) is 0 Å². The molecule has 2 rings (SSSR count). The molecule has 11 nitrogen and oxygen atoms in total. The predicted molar refractivity (Wildman–Crippen MR) is 67.3 cm³/mol. The molecule has 0 aliphatic carbocycles. The molecule has 0 aliphatic rings. The Bertz CT molecular complexity index is 807. The molecular weight excluding hydrogens is 274 g/mol. The molecule has 2 aromatic rings. The molecule has 0 fully saturated rings. The lowest BCUT2D eigenvalue weighted by Crippen LogP contribution is -1.88. The third kappa shape index (κ3) is 2.63. The average Bonchev–Trinajstić information content (AvgIpc) is 3.10. The van der Waals surface area contributed by atoms with Crippen molar-refractivity contribution < 1.29 is 0 Å². The van der Waals surface area contributed by atoms with Gasteiger partial charge in [0, 0.05) is 0 Å². The lowest BCUT2D eigenvalue weighted by atomic mass is 10.4. The summed E-state index contributed by atoms with van der Waals surface area (Å²) in [7, 11) is 0. The van der Waals surface area contributed by atoms with Gasteiger partial charge in [-0.05, 0) is 0 Å². The van der Waals surface area contributed by atoms with Gasteiger partial charge in [0.2, 0.25) is 0 Å². The summed E-state index contributed by atoms with van der Waals surface area (Å²) >= 11 is 0. The molecule has 21 heavy (non-hydrogen) atoms. The minimum Gasteiger partial charge on any atom is -0.373 e. The molecule has 98 valence electrons. The fourth-order valence-electron chi connectivity index (χ4n) is 1.25. The van der Waals surface area contributed by atoms with Gasteiger partial charge in [0.25, 0.3) is 17.6 Å². The summed E-state index contributed by atoms with van der Waals surface area (Å²) < 4.78 is 0. The number of imidazole rings is 2. The molecule has 0 aromatic carbocycles. The molecule has 0 unspecified atom stereocenters. The molecule has 0 saturated carbocycles. The normalized spacial score (nSPS) is 9.52. The summed E-state index contributed by atoms with van der Waals surface area (Å²) in [4.78, 5) is 18.6. The lowest BCUT2D eigenvalue weighted by Gasteiger charge is -1.84. The summed E-state index contributed by atoms with van der Waals surface area (Å²) in [5.41, 5.74) is 2.26. The van der Waals surface area contributed by atoms with E-state index in [0.717, 1.165) is 0 Å². The van der Waals surface area contributed by atoms with E-state index in [1.54, 1.807) is 12.1 Å². The first-order valence-electron chi connectivity index (χ1n) is 5.13. The van der Waals surface area contributed by atoms with Crippen molar-refractivity contribution in [3.8, 4) is 12.1 Å². The molecule has 0 saturated heterocycles. The van der Waals surface area contributed by atoms with E-state index in [-0.39, 0.29) is 34.9 Å². The SMILES string of the molecule is [C-]#[N+]c1nc(NN=Nc2nc(C#N)c(C#N)[nH]2)[nH]c1[N+]#[C-]. The predicted octanol–water partition coefficient (Wildman–Crippen LogP) is 2.09. The fraction of sp³-hybridized carbons (Fsp3) is 0. The molecule has 0 aliphatic heterocycles. The Balaban J connectivity index is 2.14. The van der Waals surface area contributed by atoms with Crippen LogP contribution in [0.1, 0.15) is 11.4 Å². The number of rotatable bonds is 3. The Kier molecular flexibility index (Phi) is 3.53. The lowest BCUT2D eigenvalue weighted by molar-refractivity contribution is 1.04. The van der Waals surface area contributed by atoms with Crippen molar-refractivity contribution in [3.05, 3.63) is 34.2 Å². The van der Waals surface area contributed by atoms with E-state index < -0.39 is 0 Å². The van der Waals surface area contributed by atoms with Crippen molar-refractivity contribution in [2.45, 2.75) is 0 Å². The van der Waals surface area contributed by atoms with Gasteiger partial charge in [0.1, 0.15) is 12.1 Å². The smallest absolute Gasteiger partial charge is 0.373 e. The fourth-order valence-corrected chi connectivity index (χ4v) is 1.25. The van der Waals surface area contributed by atoms with Crippen molar-refractivity contribution in [2.75, 3.05) is 5.43 Å². The van der Waals surface area contributed by atoms with Crippen molar-refractivity contribution in [3.63, 3.8) is 0 Å². The number of hydrogen-bond donors (Lipinski definition) is 3. The zero-order chi connectivity index (χ0) is 15.2. The highest BCUT2D eigenvalue weighted by atomic mass is 15.5. The zero-order valence-electron chi connectivity index (χ0n) is 10.1. The third-order valence-electron chi connectivity index (χ3n) is 2.09. The summed E-state index contributed by atoms with van der Waals surface area (Å²) in [5, 5.41) is 24.6. The molecule has 0 atom stereocenters. The monoisotopic (exact) mass is 277 g/mol. The number of nitrogens with zero attached hydrogens (tertiary/aromatic N) is 8. The Morgan fingerprint density at radius 1 is 1.14 bits per heavy atom. The first-order chi connectivity index (χ1) is 10.2. The van der Waals surface area contributed by atoms with Crippen molar-refractivity contribution >= 4 is 23.5 Å². The number of nitriles is 2. The van der Waals surface area contributed by atoms with Crippen LogP contribution in [0.3, 0.4) is 0 Å². The van der Waals surface area contributed by atoms with Gasteiger partial charge in [-0.2, -0.15) is 20.9 Å². The summed E-state index contributed by atoms with van der Waals surface area (Å²) in [5.74, 6) is -0.0836.